The molecule has 0 bridgehead atoms. The van der Waals surface area contributed by atoms with E-state index in [-0.39, 0.29) is 11.6 Å². The summed E-state index contributed by atoms with van der Waals surface area (Å²) in [6.45, 7) is 3.49. The van der Waals surface area contributed by atoms with Gasteiger partial charge in [-0.25, -0.2) is 4.39 Å². The summed E-state index contributed by atoms with van der Waals surface area (Å²) in [5, 5.41) is 0. The molecule has 0 heterocycles. The monoisotopic (exact) mass is 274 g/mol. The molecule has 0 amide bonds. The van der Waals surface area contributed by atoms with Gasteiger partial charge in [0.2, 0.25) is 0 Å². The van der Waals surface area contributed by atoms with Gasteiger partial charge in [-0.05, 0) is 37.1 Å². The largest absolute Gasteiger partial charge is 0.295 e. The van der Waals surface area contributed by atoms with Gasteiger partial charge in [0.15, 0.2) is 5.78 Å². The highest BCUT2D eigenvalue weighted by molar-refractivity contribution is 7.98. The normalized spacial score (nSPS) is 10.5. The number of carbonyl (C=O) groups excluding carboxylic acids is 1. The fourth-order valence-corrected chi connectivity index (χ4v) is 2.76. The van der Waals surface area contributed by atoms with E-state index in [9.17, 15) is 9.18 Å². The van der Waals surface area contributed by atoms with E-state index < -0.39 is 0 Å². The molecule has 2 aromatic carbocycles. The van der Waals surface area contributed by atoms with Gasteiger partial charge in [0.1, 0.15) is 5.82 Å². The quantitative estimate of drug-likeness (QED) is 0.597. The molecule has 0 saturated carbocycles. The Morgan fingerprint density at radius 3 is 2.58 bits per heavy atom. The number of halogens is 1. The lowest BCUT2D eigenvalue weighted by Crippen LogP contribution is -1.94. The number of ketones is 1. The maximum Gasteiger partial charge on any atom is 0.159 e. The van der Waals surface area contributed by atoms with Gasteiger partial charge in [0.05, 0.1) is 0 Å². The van der Waals surface area contributed by atoms with Crippen LogP contribution in [0.4, 0.5) is 4.39 Å². The van der Waals surface area contributed by atoms with Crippen molar-refractivity contribution in [2.75, 3.05) is 0 Å². The van der Waals surface area contributed by atoms with Gasteiger partial charge in [0, 0.05) is 16.2 Å². The maximum atomic E-state index is 13.8. The zero-order valence-corrected chi connectivity index (χ0v) is 11.8. The van der Waals surface area contributed by atoms with Crippen LogP contribution in [-0.4, -0.2) is 5.78 Å². The van der Waals surface area contributed by atoms with Gasteiger partial charge in [-0.2, -0.15) is 0 Å². The molecule has 0 aromatic heterocycles. The van der Waals surface area contributed by atoms with E-state index in [0.717, 1.165) is 5.75 Å². The highest BCUT2D eigenvalue weighted by Gasteiger charge is 2.07. The fraction of sp³-hybridized carbons (Fsp3) is 0.188. The molecular weight excluding hydrogens is 259 g/mol. The van der Waals surface area contributed by atoms with Gasteiger partial charge in [0.25, 0.3) is 0 Å². The number of hydrogen-bond donors (Lipinski definition) is 0. The summed E-state index contributed by atoms with van der Waals surface area (Å²) in [6.07, 6.45) is 0. The first-order valence-electron chi connectivity index (χ1n) is 6.05. The van der Waals surface area contributed by atoms with Gasteiger partial charge in [-0.3, -0.25) is 4.79 Å². The third-order valence-corrected chi connectivity index (χ3v) is 4.08. The average Bonchev–Trinajstić information content (AvgIpc) is 2.39. The minimum absolute atomic E-state index is 0.116. The molecule has 3 heteroatoms. The molecule has 0 radical (unpaired) electrons. The van der Waals surface area contributed by atoms with Crippen molar-refractivity contribution in [1.82, 2.24) is 0 Å². The molecule has 0 saturated heterocycles. The van der Waals surface area contributed by atoms with Crippen molar-refractivity contribution in [1.29, 1.82) is 0 Å². The Bertz CT molecular complexity index is 607. The zero-order chi connectivity index (χ0) is 13.8. The van der Waals surface area contributed by atoms with Crippen LogP contribution < -0.4 is 0 Å². The van der Waals surface area contributed by atoms with Crippen molar-refractivity contribution >= 4 is 17.5 Å². The molecule has 0 aliphatic rings. The molecule has 2 aromatic rings. The second kappa shape index (κ2) is 6.02. The molecule has 0 atom stereocenters. The third kappa shape index (κ3) is 3.44. The van der Waals surface area contributed by atoms with Crippen LogP contribution in [0.15, 0.2) is 47.4 Å². The first-order valence-corrected chi connectivity index (χ1v) is 7.04. The Hall–Kier alpha value is -1.61. The molecule has 2 rings (SSSR count). The Morgan fingerprint density at radius 1 is 1.21 bits per heavy atom. The summed E-state index contributed by atoms with van der Waals surface area (Å²) in [5.74, 6) is 0.281. The van der Waals surface area contributed by atoms with E-state index in [2.05, 4.69) is 0 Å². The molecule has 1 nitrogen and oxygen atoms in total. The maximum absolute atomic E-state index is 13.8. The second-order valence-corrected chi connectivity index (χ2v) is 5.43. The van der Waals surface area contributed by atoms with Gasteiger partial charge >= 0.3 is 0 Å². The molecule has 0 spiro atoms. The Kier molecular flexibility index (Phi) is 4.38. The summed E-state index contributed by atoms with van der Waals surface area (Å²) in [7, 11) is 0. The predicted octanol–water partition coefficient (Wildman–Crippen LogP) is 4.63. The van der Waals surface area contributed by atoms with Crippen LogP contribution in [0.2, 0.25) is 0 Å². The molecule has 19 heavy (non-hydrogen) atoms. The Morgan fingerprint density at radius 2 is 1.95 bits per heavy atom. The minimum Gasteiger partial charge on any atom is -0.295 e. The standard InChI is InChI=1S/C16H15FOS/c1-11-5-3-4-6-14(11)10-19-16-8-7-13(12(2)18)9-15(16)17/h3-9H,10H2,1-2H3. The first-order chi connectivity index (χ1) is 9.08. The number of aryl methyl sites for hydroxylation is 1. The van der Waals surface area contributed by atoms with Gasteiger partial charge in [-0.1, -0.05) is 30.3 Å². The van der Waals surface area contributed by atoms with Gasteiger partial charge in [-0.15, -0.1) is 11.8 Å². The van der Waals surface area contributed by atoms with E-state index in [4.69, 9.17) is 0 Å². The van der Waals surface area contributed by atoms with Crippen molar-refractivity contribution in [3.05, 3.63) is 65.0 Å². The van der Waals surface area contributed by atoms with E-state index in [1.165, 1.54) is 35.9 Å². The highest BCUT2D eigenvalue weighted by atomic mass is 32.2. The van der Waals surface area contributed by atoms with E-state index >= 15 is 0 Å². The summed E-state index contributed by atoms with van der Waals surface area (Å²) >= 11 is 1.45. The van der Waals surface area contributed by atoms with Crippen LogP contribution in [0, 0.1) is 12.7 Å². The van der Waals surface area contributed by atoms with Crippen LogP contribution >= 0.6 is 11.8 Å². The molecule has 0 unspecified atom stereocenters. The smallest absolute Gasteiger partial charge is 0.159 e. The summed E-state index contributed by atoms with van der Waals surface area (Å²) < 4.78 is 13.8. The number of hydrogen-bond acceptors (Lipinski definition) is 2. The summed E-state index contributed by atoms with van der Waals surface area (Å²) in [4.78, 5) is 11.7. The van der Waals surface area contributed by atoms with Crippen LogP contribution in [0.3, 0.4) is 0 Å². The average molecular weight is 274 g/mol. The zero-order valence-electron chi connectivity index (χ0n) is 10.9. The topological polar surface area (TPSA) is 17.1 Å². The van der Waals surface area contributed by atoms with E-state index in [0.29, 0.717) is 10.5 Å². The number of carbonyl (C=O) groups is 1. The molecule has 0 aliphatic carbocycles. The number of Topliss-reactive ketones (excluding diaryl/α,β-unsaturated/α-hetero) is 1. The Labute approximate surface area is 116 Å². The third-order valence-electron chi connectivity index (χ3n) is 2.98. The van der Waals surface area contributed by atoms with Crippen molar-refractivity contribution in [3.63, 3.8) is 0 Å². The minimum atomic E-state index is -0.328. The first kappa shape index (κ1) is 13.8. The summed E-state index contributed by atoms with van der Waals surface area (Å²) in [6, 6.07) is 12.7. The number of thioether (sulfide) groups is 1. The SMILES string of the molecule is CC(=O)c1ccc(SCc2ccccc2C)c(F)c1. The van der Waals surface area contributed by atoms with Crippen LogP contribution in [0.1, 0.15) is 28.4 Å². The highest BCUT2D eigenvalue weighted by Crippen LogP contribution is 2.27. The lowest BCUT2D eigenvalue weighted by Gasteiger charge is -2.07. The molecular formula is C16H15FOS. The van der Waals surface area contributed by atoms with Crippen molar-refractivity contribution in [2.45, 2.75) is 24.5 Å². The molecule has 0 fully saturated rings. The molecule has 0 N–H and O–H groups in total. The predicted molar refractivity (Wildman–Crippen MR) is 77.1 cm³/mol. The van der Waals surface area contributed by atoms with Crippen molar-refractivity contribution in [2.24, 2.45) is 0 Å². The lowest BCUT2D eigenvalue weighted by atomic mass is 10.1. The fourth-order valence-electron chi connectivity index (χ4n) is 1.76. The van der Waals surface area contributed by atoms with Gasteiger partial charge < -0.3 is 0 Å². The van der Waals surface area contributed by atoms with Crippen molar-refractivity contribution < 1.29 is 9.18 Å². The lowest BCUT2D eigenvalue weighted by molar-refractivity contribution is 0.101. The van der Waals surface area contributed by atoms with E-state index in [1.54, 1.807) is 12.1 Å². The van der Waals surface area contributed by atoms with E-state index in [1.807, 2.05) is 31.2 Å². The Balaban J connectivity index is 2.12. The second-order valence-electron chi connectivity index (χ2n) is 4.42. The van der Waals surface area contributed by atoms with Crippen LogP contribution in [0.25, 0.3) is 0 Å². The molecule has 0 aliphatic heterocycles. The van der Waals surface area contributed by atoms with Crippen LogP contribution in [-0.2, 0) is 5.75 Å². The number of benzene rings is 2. The number of rotatable bonds is 4. The molecule has 98 valence electrons. The summed E-state index contributed by atoms with van der Waals surface area (Å²) in [5.41, 5.74) is 2.82. The van der Waals surface area contributed by atoms with Crippen LogP contribution in [0.5, 0.6) is 0 Å². The van der Waals surface area contributed by atoms with Crippen molar-refractivity contribution in [3.8, 4) is 0 Å².